The smallest absolute Gasteiger partial charge is 0.332 e. The largest absolute Gasteiger partial charge is 0.491 e. The van der Waals surface area contributed by atoms with Gasteiger partial charge in [0.15, 0.2) is 11.2 Å². The first-order chi connectivity index (χ1) is 13.8. The number of benzene rings is 1. The second-order valence-corrected chi connectivity index (χ2v) is 6.92. The Morgan fingerprint density at radius 3 is 2.72 bits per heavy atom. The molecule has 2 aromatic heterocycles. The molecule has 4 N–H and O–H groups in total. The van der Waals surface area contributed by atoms with Gasteiger partial charge in [-0.2, -0.15) is 4.98 Å². The van der Waals surface area contributed by atoms with Crippen molar-refractivity contribution in [3.63, 3.8) is 0 Å². The van der Waals surface area contributed by atoms with Gasteiger partial charge in [0.25, 0.3) is 5.56 Å². The Bertz CT molecular complexity index is 1130. The molecule has 0 aliphatic heterocycles. The van der Waals surface area contributed by atoms with Crippen molar-refractivity contribution in [2.45, 2.75) is 19.6 Å². The molecule has 29 heavy (non-hydrogen) atoms. The Morgan fingerprint density at radius 2 is 2.03 bits per heavy atom. The molecular weight excluding hydrogens is 376 g/mol. The van der Waals surface area contributed by atoms with E-state index in [-0.39, 0.29) is 24.3 Å². The van der Waals surface area contributed by atoms with Crippen molar-refractivity contribution in [3.05, 3.63) is 50.7 Å². The van der Waals surface area contributed by atoms with Crippen LogP contribution in [0.4, 0.5) is 5.95 Å². The third-order valence-electron chi connectivity index (χ3n) is 4.60. The van der Waals surface area contributed by atoms with Crippen molar-refractivity contribution in [2.75, 3.05) is 25.0 Å². The maximum absolute atomic E-state index is 12.7. The number of anilines is 1. The van der Waals surface area contributed by atoms with E-state index in [0.29, 0.717) is 24.8 Å². The molecule has 10 heteroatoms. The van der Waals surface area contributed by atoms with Crippen molar-refractivity contribution in [3.8, 4) is 5.75 Å². The molecule has 3 rings (SSSR count). The standard InChI is InChI=1S/C19H26N6O4/c1-12-5-4-6-14(9-12)29-11-13(26)10-25-15-16(22-18(25)21-8-7-20)23(2)19(28)24(3)17(15)27/h4-6,9,13,26H,7-8,10-11,20H2,1-3H3,(H,21,22)/t13-/m0/s1. The summed E-state index contributed by atoms with van der Waals surface area (Å²) in [4.78, 5) is 29.3. The van der Waals surface area contributed by atoms with E-state index in [0.717, 1.165) is 10.1 Å². The van der Waals surface area contributed by atoms with Gasteiger partial charge in [-0.15, -0.1) is 0 Å². The lowest BCUT2D eigenvalue weighted by atomic mass is 10.2. The van der Waals surface area contributed by atoms with Crippen LogP contribution in [0, 0.1) is 6.92 Å². The minimum atomic E-state index is -0.909. The van der Waals surface area contributed by atoms with Crippen molar-refractivity contribution >= 4 is 17.1 Å². The van der Waals surface area contributed by atoms with Crippen LogP contribution >= 0.6 is 0 Å². The minimum absolute atomic E-state index is 0.0333. The van der Waals surface area contributed by atoms with Crippen molar-refractivity contribution in [2.24, 2.45) is 19.8 Å². The number of fused-ring (bicyclic) bond motifs is 1. The summed E-state index contributed by atoms with van der Waals surface area (Å²) in [6.45, 7) is 2.83. The molecule has 0 aliphatic carbocycles. The topological polar surface area (TPSA) is 129 Å². The van der Waals surface area contributed by atoms with Crippen LogP contribution in [-0.2, 0) is 20.6 Å². The van der Waals surface area contributed by atoms with E-state index in [9.17, 15) is 14.7 Å². The van der Waals surface area contributed by atoms with Gasteiger partial charge in [0.2, 0.25) is 5.95 Å². The molecule has 0 unspecified atom stereocenters. The number of nitrogens with one attached hydrogen (secondary N) is 1. The Hall–Kier alpha value is -3.11. The van der Waals surface area contributed by atoms with E-state index in [1.165, 1.54) is 11.6 Å². The molecular formula is C19H26N6O4. The number of nitrogens with two attached hydrogens (primary N) is 1. The first kappa shape index (κ1) is 20.6. The SMILES string of the molecule is Cc1cccc(OC[C@@H](O)Cn2c(NCCN)nc3c2c(=O)n(C)c(=O)n3C)c1. The predicted octanol–water partition coefficient (Wildman–Crippen LogP) is -0.447. The Kier molecular flexibility index (Phi) is 6.04. The van der Waals surface area contributed by atoms with Gasteiger partial charge >= 0.3 is 5.69 Å². The molecule has 0 aliphatic rings. The van der Waals surface area contributed by atoms with E-state index in [2.05, 4.69) is 10.3 Å². The summed E-state index contributed by atoms with van der Waals surface area (Å²) in [5, 5.41) is 13.6. The number of aromatic nitrogens is 4. The van der Waals surface area contributed by atoms with Crippen LogP contribution in [0.15, 0.2) is 33.9 Å². The number of aliphatic hydroxyl groups is 1. The average molecular weight is 402 g/mol. The second-order valence-electron chi connectivity index (χ2n) is 6.92. The van der Waals surface area contributed by atoms with Gasteiger partial charge in [0, 0.05) is 27.2 Å². The van der Waals surface area contributed by atoms with Gasteiger partial charge in [-0.25, -0.2) is 4.79 Å². The summed E-state index contributed by atoms with van der Waals surface area (Å²) in [5.41, 5.74) is 6.13. The van der Waals surface area contributed by atoms with E-state index in [1.54, 1.807) is 11.6 Å². The van der Waals surface area contributed by atoms with Crippen molar-refractivity contribution in [1.82, 2.24) is 18.7 Å². The summed E-state index contributed by atoms with van der Waals surface area (Å²) in [7, 11) is 2.96. The summed E-state index contributed by atoms with van der Waals surface area (Å²) < 4.78 is 9.55. The van der Waals surface area contributed by atoms with Crippen LogP contribution in [0.25, 0.3) is 11.2 Å². The first-order valence-electron chi connectivity index (χ1n) is 9.31. The van der Waals surface area contributed by atoms with E-state index >= 15 is 0 Å². The lowest BCUT2D eigenvalue weighted by Crippen LogP contribution is -2.38. The Balaban J connectivity index is 1.93. The molecule has 0 radical (unpaired) electrons. The Labute approximate surface area is 167 Å². The fourth-order valence-corrected chi connectivity index (χ4v) is 3.10. The van der Waals surface area contributed by atoms with E-state index in [4.69, 9.17) is 10.5 Å². The summed E-state index contributed by atoms with van der Waals surface area (Å²) in [5.74, 6) is 1.01. The summed E-state index contributed by atoms with van der Waals surface area (Å²) >= 11 is 0. The highest BCUT2D eigenvalue weighted by Crippen LogP contribution is 2.17. The highest BCUT2D eigenvalue weighted by Gasteiger charge is 2.21. The van der Waals surface area contributed by atoms with Gasteiger partial charge in [-0.1, -0.05) is 12.1 Å². The lowest BCUT2D eigenvalue weighted by molar-refractivity contribution is 0.0938. The number of aliphatic hydroxyl groups excluding tert-OH is 1. The fourth-order valence-electron chi connectivity index (χ4n) is 3.10. The molecule has 1 aromatic carbocycles. The third kappa shape index (κ3) is 4.17. The van der Waals surface area contributed by atoms with Gasteiger partial charge in [-0.3, -0.25) is 13.9 Å². The average Bonchev–Trinajstić information content (AvgIpc) is 3.06. The second kappa shape index (κ2) is 8.50. The molecule has 0 saturated carbocycles. The number of aryl methyl sites for hydroxylation is 2. The third-order valence-corrected chi connectivity index (χ3v) is 4.60. The molecule has 0 saturated heterocycles. The summed E-state index contributed by atoms with van der Waals surface area (Å²) in [6.07, 6.45) is -0.909. The summed E-state index contributed by atoms with van der Waals surface area (Å²) in [6, 6.07) is 7.51. The number of hydrogen-bond acceptors (Lipinski definition) is 7. The maximum Gasteiger partial charge on any atom is 0.332 e. The normalized spacial score (nSPS) is 12.3. The van der Waals surface area contributed by atoms with Crippen LogP contribution in [-0.4, -0.2) is 49.6 Å². The minimum Gasteiger partial charge on any atom is -0.491 e. The molecule has 0 fully saturated rings. The van der Waals surface area contributed by atoms with Gasteiger partial charge < -0.3 is 25.5 Å². The van der Waals surface area contributed by atoms with Crippen LogP contribution in [0.3, 0.4) is 0 Å². The molecule has 156 valence electrons. The zero-order chi connectivity index (χ0) is 21.1. The fraction of sp³-hybridized carbons (Fsp3) is 0.421. The predicted molar refractivity (Wildman–Crippen MR) is 110 cm³/mol. The highest BCUT2D eigenvalue weighted by molar-refractivity contribution is 5.74. The number of rotatable bonds is 8. The molecule has 2 heterocycles. The zero-order valence-corrected chi connectivity index (χ0v) is 16.8. The quantitative estimate of drug-likeness (QED) is 0.465. The molecule has 0 bridgehead atoms. The van der Waals surface area contributed by atoms with Crippen LogP contribution in [0.5, 0.6) is 5.75 Å². The first-order valence-corrected chi connectivity index (χ1v) is 9.31. The lowest BCUT2D eigenvalue weighted by Gasteiger charge is -2.16. The van der Waals surface area contributed by atoms with Crippen molar-refractivity contribution in [1.29, 1.82) is 0 Å². The Morgan fingerprint density at radius 1 is 1.28 bits per heavy atom. The highest BCUT2D eigenvalue weighted by atomic mass is 16.5. The van der Waals surface area contributed by atoms with Gasteiger partial charge in [-0.05, 0) is 24.6 Å². The number of imidazole rings is 1. The molecule has 3 aromatic rings. The van der Waals surface area contributed by atoms with Crippen LogP contribution < -0.4 is 27.0 Å². The molecule has 0 spiro atoms. The van der Waals surface area contributed by atoms with Crippen LogP contribution in [0.1, 0.15) is 5.56 Å². The van der Waals surface area contributed by atoms with Gasteiger partial charge in [0.05, 0.1) is 6.54 Å². The van der Waals surface area contributed by atoms with Crippen molar-refractivity contribution < 1.29 is 9.84 Å². The van der Waals surface area contributed by atoms with Gasteiger partial charge in [0.1, 0.15) is 18.5 Å². The molecule has 0 amide bonds. The number of nitrogens with zero attached hydrogens (tertiary/aromatic N) is 4. The maximum atomic E-state index is 12.7. The number of hydrogen-bond donors (Lipinski definition) is 3. The molecule has 10 nitrogen and oxygen atoms in total. The number of ether oxygens (including phenoxy) is 1. The van der Waals surface area contributed by atoms with E-state index in [1.807, 2.05) is 31.2 Å². The monoisotopic (exact) mass is 402 g/mol. The van der Waals surface area contributed by atoms with E-state index < -0.39 is 17.4 Å². The molecule has 1 atom stereocenters. The van der Waals surface area contributed by atoms with Crippen LogP contribution in [0.2, 0.25) is 0 Å². The zero-order valence-electron chi connectivity index (χ0n) is 16.8.